The number of likely N-dealkylation sites (tertiary alicyclic amines) is 1. The van der Waals surface area contributed by atoms with Crippen LogP contribution < -0.4 is 18.9 Å². The Bertz CT molecular complexity index is 829. The van der Waals surface area contributed by atoms with Gasteiger partial charge in [0.15, 0.2) is 11.5 Å². The van der Waals surface area contributed by atoms with Crippen LogP contribution in [0, 0.1) is 0 Å². The van der Waals surface area contributed by atoms with Crippen LogP contribution in [0.1, 0.15) is 18.4 Å². The van der Waals surface area contributed by atoms with Crippen LogP contribution in [0.5, 0.6) is 23.3 Å². The second-order valence-electron chi connectivity index (χ2n) is 6.49. The lowest BCUT2D eigenvalue weighted by molar-refractivity contribution is -0.133. The molecule has 142 valence electrons. The van der Waals surface area contributed by atoms with Crippen LogP contribution in [0.3, 0.4) is 0 Å². The van der Waals surface area contributed by atoms with E-state index in [2.05, 4.69) is 9.97 Å². The van der Waals surface area contributed by atoms with Crippen LogP contribution in [0.4, 0.5) is 0 Å². The Labute approximate surface area is 157 Å². The van der Waals surface area contributed by atoms with Gasteiger partial charge in [0, 0.05) is 6.54 Å². The van der Waals surface area contributed by atoms with Crippen molar-refractivity contribution in [2.45, 2.75) is 25.4 Å². The van der Waals surface area contributed by atoms with Crippen LogP contribution in [-0.4, -0.2) is 53.9 Å². The molecular weight excluding hydrogens is 350 g/mol. The number of aromatic nitrogens is 2. The van der Waals surface area contributed by atoms with Gasteiger partial charge in [-0.2, -0.15) is 4.98 Å². The third-order valence-electron chi connectivity index (χ3n) is 4.61. The summed E-state index contributed by atoms with van der Waals surface area (Å²) in [6.45, 7) is 1.49. The van der Waals surface area contributed by atoms with Gasteiger partial charge in [0.1, 0.15) is 6.10 Å². The fourth-order valence-electron chi connectivity index (χ4n) is 3.26. The summed E-state index contributed by atoms with van der Waals surface area (Å²) in [7, 11) is 1.53. The van der Waals surface area contributed by atoms with Gasteiger partial charge < -0.3 is 23.8 Å². The number of hydrogen-bond acceptors (Lipinski definition) is 7. The molecule has 27 heavy (non-hydrogen) atoms. The number of nitrogens with zero attached hydrogens (tertiary/aromatic N) is 3. The maximum atomic E-state index is 12.7. The fraction of sp³-hybridized carbons (Fsp3) is 0.421. The van der Waals surface area contributed by atoms with Crippen molar-refractivity contribution >= 4 is 5.91 Å². The summed E-state index contributed by atoms with van der Waals surface area (Å²) in [5.74, 6) is 2.29. The van der Waals surface area contributed by atoms with Crippen molar-refractivity contribution < 1.29 is 23.7 Å². The summed E-state index contributed by atoms with van der Waals surface area (Å²) in [6, 6.07) is 5.60. The lowest BCUT2D eigenvalue weighted by Crippen LogP contribution is -2.45. The molecule has 0 N–H and O–H groups in total. The highest BCUT2D eigenvalue weighted by Gasteiger charge is 2.26. The summed E-state index contributed by atoms with van der Waals surface area (Å²) in [5.41, 5.74) is 0.908. The second kappa shape index (κ2) is 7.69. The average molecular weight is 371 g/mol. The molecule has 1 amide bonds. The Hall–Kier alpha value is -3.03. The molecule has 3 heterocycles. The van der Waals surface area contributed by atoms with E-state index in [4.69, 9.17) is 18.9 Å². The highest BCUT2D eigenvalue weighted by atomic mass is 16.7. The Morgan fingerprint density at radius 1 is 1.26 bits per heavy atom. The smallest absolute Gasteiger partial charge is 0.235 e. The highest BCUT2D eigenvalue weighted by molar-refractivity contribution is 5.79. The molecule has 2 aliphatic heterocycles. The van der Waals surface area contributed by atoms with E-state index in [-0.39, 0.29) is 18.8 Å². The van der Waals surface area contributed by atoms with E-state index < -0.39 is 0 Å². The van der Waals surface area contributed by atoms with E-state index in [1.807, 2.05) is 23.1 Å². The first-order chi connectivity index (χ1) is 13.2. The molecule has 0 saturated carbocycles. The number of methoxy groups -OCH3 is 1. The topological polar surface area (TPSA) is 83.0 Å². The molecular formula is C19H21N3O5. The Balaban J connectivity index is 1.36. The maximum Gasteiger partial charge on any atom is 0.235 e. The molecule has 1 fully saturated rings. The van der Waals surface area contributed by atoms with Gasteiger partial charge >= 0.3 is 0 Å². The van der Waals surface area contributed by atoms with Crippen molar-refractivity contribution in [3.8, 4) is 23.3 Å². The highest BCUT2D eigenvalue weighted by Crippen LogP contribution is 2.32. The van der Waals surface area contributed by atoms with Crippen molar-refractivity contribution in [1.29, 1.82) is 0 Å². The molecule has 1 saturated heterocycles. The lowest BCUT2D eigenvalue weighted by Gasteiger charge is -2.32. The normalized spacial score (nSPS) is 18.3. The number of rotatable bonds is 5. The third kappa shape index (κ3) is 4.05. The van der Waals surface area contributed by atoms with Gasteiger partial charge in [0.2, 0.25) is 24.5 Å². The predicted octanol–water partition coefficient (Wildman–Crippen LogP) is 1.83. The predicted molar refractivity (Wildman–Crippen MR) is 95.1 cm³/mol. The number of ether oxygens (including phenoxy) is 4. The number of benzene rings is 1. The van der Waals surface area contributed by atoms with Gasteiger partial charge in [-0.15, -0.1) is 0 Å². The molecule has 0 spiro atoms. The largest absolute Gasteiger partial charge is 0.480 e. The minimum absolute atomic E-state index is 0.0684. The second-order valence-corrected chi connectivity index (χ2v) is 6.49. The molecule has 0 radical (unpaired) electrons. The van der Waals surface area contributed by atoms with E-state index in [9.17, 15) is 4.79 Å². The summed E-state index contributed by atoms with van der Waals surface area (Å²) in [6.07, 6.45) is 5.04. The average Bonchev–Trinajstić information content (AvgIpc) is 3.16. The van der Waals surface area contributed by atoms with Crippen molar-refractivity contribution in [3.05, 3.63) is 36.2 Å². The van der Waals surface area contributed by atoms with E-state index in [0.29, 0.717) is 30.5 Å². The number of piperidine rings is 1. The molecule has 0 aliphatic carbocycles. The van der Waals surface area contributed by atoms with Crippen LogP contribution in [0.15, 0.2) is 30.6 Å². The van der Waals surface area contributed by atoms with Gasteiger partial charge in [-0.3, -0.25) is 9.78 Å². The lowest BCUT2D eigenvalue weighted by atomic mass is 10.1. The van der Waals surface area contributed by atoms with Gasteiger partial charge in [-0.05, 0) is 30.5 Å². The molecule has 1 aromatic carbocycles. The molecule has 8 heteroatoms. The Morgan fingerprint density at radius 3 is 3.00 bits per heavy atom. The third-order valence-corrected chi connectivity index (χ3v) is 4.61. The zero-order valence-corrected chi connectivity index (χ0v) is 15.1. The first-order valence-electron chi connectivity index (χ1n) is 8.90. The number of carbonyl (C=O) groups excluding carboxylic acids is 1. The van der Waals surface area contributed by atoms with E-state index in [1.54, 1.807) is 6.20 Å². The molecule has 0 unspecified atom stereocenters. The summed E-state index contributed by atoms with van der Waals surface area (Å²) in [4.78, 5) is 22.8. The van der Waals surface area contributed by atoms with Crippen LogP contribution in [0.2, 0.25) is 0 Å². The van der Waals surface area contributed by atoms with Crippen molar-refractivity contribution in [2.75, 3.05) is 27.0 Å². The quantitative estimate of drug-likeness (QED) is 0.793. The summed E-state index contributed by atoms with van der Waals surface area (Å²) < 4.78 is 21.7. The van der Waals surface area contributed by atoms with Gasteiger partial charge in [0.05, 0.1) is 32.5 Å². The monoisotopic (exact) mass is 371 g/mol. The number of amides is 1. The van der Waals surface area contributed by atoms with Gasteiger partial charge in [-0.1, -0.05) is 6.07 Å². The molecule has 8 nitrogen and oxygen atoms in total. The number of hydrogen-bond donors (Lipinski definition) is 0. The molecule has 4 rings (SSSR count). The Kier molecular flexibility index (Phi) is 4.95. The van der Waals surface area contributed by atoms with Crippen LogP contribution >= 0.6 is 0 Å². The molecule has 2 aromatic rings. The van der Waals surface area contributed by atoms with Crippen molar-refractivity contribution in [3.63, 3.8) is 0 Å². The van der Waals surface area contributed by atoms with Gasteiger partial charge in [-0.25, -0.2) is 0 Å². The minimum Gasteiger partial charge on any atom is -0.480 e. The Morgan fingerprint density at radius 2 is 2.11 bits per heavy atom. The number of carbonyl (C=O) groups is 1. The standard InChI is InChI=1S/C19H21N3O5/c1-24-17-9-20-10-18(21-17)27-14-3-2-6-22(11-14)19(23)8-13-4-5-15-16(7-13)26-12-25-15/h4-5,7,9-10,14H,2-3,6,8,11-12H2,1H3/t14-/m0/s1. The van der Waals surface area contributed by atoms with Crippen LogP contribution in [0.25, 0.3) is 0 Å². The van der Waals surface area contributed by atoms with E-state index in [0.717, 1.165) is 30.7 Å². The van der Waals surface area contributed by atoms with Crippen molar-refractivity contribution in [2.24, 2.45) is 0 Å². The molecule has 1 aromatic heterocycles. The van der Waals surface area contributed by atoms with Crippen molar-refractivity contribution in [1.82, 2.24) is 14.9 Å². The zero-order chi connectivity index (χ0) is 18.6. The molecule has 2 aliphatic rings. The SMILES string of the molecule is COc1cncc(O[C@H]2CCCN(C(=O)Cc3ccc4c(c3)OCO4)C2)n1. The minimum atomic E-state index is -0.110. The van der Waals surface area contributed by atoms with Crippen LogP contribution in [-0.2, 0) is 11.2 Å². The summed E-state index contributed by atoms with van der Waals surface area (Å²) >= 11 is 0. The van der Waals surface area contributed by atoms with E-state index >= 15 is 0 Å². The van der Waals surface area contributed by atoms with Gasteiger partial charge in [0.25, 0.3) is 0 Å². The first kappa shape index (κ1) is 17.4. The zero-order valence-electron chi connectivity index (χ0n) is 15.1. The maximum absolute atomic E-state index is 12.7. The first-order valence-corrected chi connectivity index (χ1v) is 8.90. The fourth-order valence-corrected chi connectivity index (χ4v) is 3.26. The van der Waals surface area contributed by atoms with E-state index in [1.165, 1.54) is 13.3 Å². The molecule has 1 atom stereocenters. The molecule has 0 bridgehead atoms. The number of fused-ring (bicyclic) bond motifs is 1. The summed E-state index contributed by atoms with van der Waals surface area (Å²) in [5, 5.41) is 0.